The highest BCUT2D eigenvalue weighted by molar-refractivity contribution is 5.78. The molecular formula is C17H26N4O3. The molecule has 2 aliphatic heterocycles. The maximum Gasteiger partial charge on any atom is 0.240 e. The molecule has 3 fully saturated rings. The quantitative estimate of drug-likeness (QED) is 0.753. The molecule has 0 spiro atoms. The zero-order valence-corrected chi connectivity index (χ0v) is 14.2. The molecule has 7 heteroatoms. The van der Waals surface area contributed by atoms with E-state index in [1.165, 1.54) is 0 Å². The minimum Gasteiger partial charge on any atom is -0.377 e. The Morgan fingerprint density at radius 3 is 2.75 bits per heavy atom. The number of ether oxygens (including phenoxy) is 1. The van der Waals surface area contributed by atoms with Crippen molar-refractivity contribution in [2.24, 2.45) is 0 Å². The molecule has 132 valence electrons. The molecule has 0 N–H and O–H groups in total. The van der Waals surface area contributed by atoms with Crippen LogP contribution in [-0.4, -0.2) is 64.7 Å². The van der Waals surface area contributed by atoms with Gasteiger partial charge in [0.2, 0.25) is 11.8 Å². The van der Waals surface area contributed by atoms with Gasteiger partial charge < -0.3 is 14.2 Å². The molecule has 0 bridgehead atoms. The third-order valence-electron chi connectivity index (χ3n) is 5.09. The van der Waals surface area contributed by atoms with Crippen LogP contribution in [0.15, 0.2) is 4.52 Å². The van der Waals surface area contributed by atoms with Crippen molar-refractivity contribution in [2.45, 2.75) is 57.1 Å². The van der Waals surface area contributed by atoms with Crippen LogP contribution in [0.4, 0.5) is 0 Å². The Kier molecular flexibility index (Phi) is 4.80. The molecule has 2 saturated heterocycles. The number of nitrogens with zero attached hydrogens (tertiary/aromatic N) is 4. The van der Waals surface area contributed by atoms with Gasteiger partial charge in [-0.25, -0.2) is 0 Å². The molecule has 1 unspecified atom stereocenters. The van der Waals surface area contributed by atoms with Crippen molar-refractivity contribution < 1.29 is 14.1 Å². The highest BCUT2D eigenvalue weighted by Gasteiger charge is 2.30. The minimum atomic E-state index is 0.201. The lowest BCUT2D eigenvalue weighted by molar-refractivity contribution is -0.131. The van der Waals surface area contributed by atoms with Crippen LogP contribution in [0.2, 0.25) is 0 Å². The zero-order valence-electron chi connectivity index (χ0n) is 14.2. The summed E-state index contributed by atoms with van der Waals surface area (Å²) in [5.41, 5.74) is 0. The largest absolute Gasteiger partial charge is 0.377 e. The van der Waals surface area contributed by atoms with E-state index in [2.05, 4.69) is 15.0 Å². The lowest BCUT2D eigenvalue weighted by Gasteiger charge is -2.25. The van der Waals surface area contributed by atoms with E-state index in [9.17, 15) is 4.79 Å². The summed E-state index contributed by atoms with van der Waals surface area (Å²) in [7, 11) is 0. The molecule has 0 radical (unpaired) electrons. The fourth-order valence-corrected chi connectivity index (χ4v) is 3.55. The highest BCUT2D eigenvalue weighted by Crippen LogP contribution is 2.38. The SMILES string of the molecule is O=C(CN(Cc1nc(C2CC2)no1)CC1CCCO1)N1CCCC1. The third kappa shape index (κ3) is 3.95. The first-order valence-corrected chi connectivity index (χ1v) is 9.22. The number of carbonyl (C=O) groups excluding carboxylic acids is 1. The van der Waals surface area contributed by atoms with Crippen molar-refractivity contribution >= 4 is 5.91 Å². The van der Waals surface area contributed by atoms with Crippen LogP contribution in [-0.2, 0) is 16.1 Å². The van der Waals surface area contributed by atoms with Crippen LogP contribution in [0, 0.1) is 0 Å². The van der Waals surface area contributed by atoms with Crippen molar-refractivity contribution in [3.8, 4) is 0 Å². The predicted octanol–water partition coefficient (Wildman–Crippen LogP) is 1.55. The minimum absolute atomic E-state index is 0.201. The van der Waals surface area contributed by atoms with Gasteiger partial charge in [-0.1, -0.05) is 5.16 Å². The fourth-order valence-electron chi connectivity index (χ4n) is 3.55. The average molecular weight is 334 g/mol. The molecule has 1 aromatic rings. The molecule has 24 heavy (non-hydrogen) atoms. The molecule has 3 heterocycles. The Balaban J connectivity index is 1.38. The predicted molar refractivity (Wildman–Crippen MR) is 86.3 cm³/mol. The number of rotatable bonds is 7. The van der Waals surface area contributed by atoms with Gasteiger partial charge in [0.25, 0.3) is 0 Å². The second kappa shape index (κ2) is 7.19. The lowest BCUT2D eigenvalue weighted by Crippen LogP contribution is -2.41. The molecule has 1 atom stereocenters. The summed E-state index contributed by atoms with van der Waals surface area (Å²) in [6.07, 6.45) is 6.93. The summed E-state index contributed by atoms with van der Waals surface area (Å²) in [5.74, 6) is 2.13. The topological polar surface area (TPSA) is 71.7 Å². The second-order valence-corrected chi connectivity index (χ2v) is 7.21. The molecule has 1 aliphatic carbocycles. The van der Waals surface area contributed by atoms with Crippen LogP contribution < -0.4 is 0 Å². The molecule has 1 amide bonds. The summed E-state index contributed by atoms with van der Waals surface area (Å²) >= 11 is 0. The number of likely N-dealkylation sites (tertiary alicyclic amines) is 1. The van der Waals surface area contributed by atoms with Crippen molar-refractivity contribution in [1.29, 1.82) is 0 Å². The van der Waals surface area contributed by atoms with E-state index in [0.29, 0.717) is 24.9 Å². The summed E-state index contributed by atoms with van der Waals surface area (Å²) in [6, 6.07) is 0. The maximum atomic E-state index is 12.5. The smallest absolute Gasteiger partial charge is 0.240 e. The molecule has 3 aliphatic rings. The Morgan fingerprint density at radius 1 is 1.21 bits per heavy atom. The van der Waals surface area contributed by atoms with E-state index >= 15 is 0 Å². The number of hydrogen-bond donors (Lipinski definition) is 0. The summed E-state index contributed by atoms with van der Waals surface area (Å²) < 4.78 is 11.1. The van der Waals surface area contributed by atoms with Crippen LogP contribution in [0.1, 0.15) is 56.2 Å². The molecule has 7 nitrogen and oxygen atoms in total. The van der Waals surface area contributed by atoms with Gasteiger partial charge in [0.05, 0.1) is 19.2 Å². The van der Waals surface area contributed by atoms with E-state index in [1.807, 2.05) is 4.90 Å². The van der Waals surface area contributed by atoms with Gasteiger partial charge in [-0.15, -0.1) is 0 Å². The van der Waals surface area contributed by atoms with Gasteiger partial charge in [-0.3, -0.25) is 9.69 Å². The molecular weight excluding hydrogens is 308 g/mol. The summed E-state index contributed by atoms with van der Waals surface area (Å²) in [5, 5.41) is 4.08. The Bertz CT molecular complexity index is 560. The van der Waals surface area contributed by atoms with E-state index in [1.54, 1.807) is 0 Å². The highest BCUT2D eigenvalue weighted by atomic mass is 16.5. The first-order chi connectivity index (χ1) is 11.8. The standard InChI is InChI=1S/C17H26N4O3/c22-16(21-7-1-2-8-21)12-20(10-14-4-3-9-23-14)11-15-18-17(19-24-15)13-5-6-13/h13-14H,1-12H2. The van der Waals surface area contributed by atoms with Gasteiger partial charge >= 0.3 is 0 Å². The van der Waals surface area contributed by atoms with E-state index in [4.69, 9.17) is 9.26 Å². The van der Waals surface area contributed by atoms with Crippen molar-refractivity contribution in [2.75, 3.05) is 32.8 Å². The van der Waals surface area contributed by atoms with E-state index in [-0.39, 0.29) is 12.0 Å². The Hall–Kier alpha value is -1.47. The van der Waals surface area contributed by atoms with Crippen LogP contribution in [0.3, 0.4) is 0 Å². The lowest BCUT2D eigenvalue weighted by atomic mass is 10.2. The Morgan fingerprint density at radius 2 is 2.04 bits per heavy atom. The van der Waals surface area contributed by atoms with E-state index < -0.39 is 0 Å². The zero-order chi connectivity index (χ0) is 16.4. The van der Waals surface area contributed by atoms with Crippen molar-refractivity contribution in [1.82, 2.24) is 19.9 Å². The second-order valence-electron chi connectivity index (χ2n) is 7.21. The molecule has 4 rings (SSSR count). The molecule has 1 aromatic heterocycles. The normalized spacial score (nSPS) is 24.2. The summed E-state index contributed by atoms with van der Waals surface area (Å²) in [4.78, 5) is 21.1. The Labute approximate surface area is 142 Å². The number of carbonyl (C=O) groups is 1. The van der Waals surface area contributed by atoms with Crippen LogP contribution >= 0.6 is 0 Å². The summed E-state index contributed by atoms with van der Waals surface area (Å²) in [6.45, 7) is 4.28. The van der Waals surface area contributed by atoms with Crippen molar-refractivity contribution in [3.05, 3.63) is 11.7 Å². The van der Waals surface area contributed by atoms with Gasteiger partial charge in [-0.2, -0.15) is 4.98 Å². The first-order valence-electron chi connectivity index (χ1n) is 9.22. The number of hydrogen-bond acceptors (Lipinski definition) is 6. The van der Waals surface area contributed by atoms with Crippen LogP contribution in [0.25, 0.3) is 0 Å². The van der Waals surface area contributed by atoms with Gasteiger partial charge in [0, 0.05) is 32.2 Å². The van der Waals surface area contributed by atoms with E-state index in [0.717, 1.165) is 70.6 Å². The number of amides is 1. The van der Waals surface area contributed by atoms with Gasteiger partial charge in [0.1, 0.15) is 0 Å². The van der Waals surface area contributed by atoms with Gasteiger partial charge in [0.15, 0.2) is 5.82 Å². The average Bonchev–Trinajstić information content (AvgIpc) is 3.03. The maximum absolute atomic E-state index is 12.5. The monoisotopic (exact) mass is 334 g/mol. The fraction of sp³-hybridized carbons (Fsp3) is 0.824. The molecule has 0 aromatic carbocycles. The molecule has 1 saturated carbocycles. The third-order valence-corrected chi connectivity index (χ3v) is 5.09. The van der Waals surface area contributed by atoms with Gasteiger partial charge in [-0.05, 0) is 38.5 Å². The first kappa shape index (κ1) is 16.0. The van der Waals surface area contributed by atoms with Crippen LogP contribution in [0.5, 0.6) is 0 Å². The van der Waals surface area contributed by atoms with Crippen molar-refractivity contribution in [3.63, 3.8) is 0 Å². The number of aromatic nitrogens is 2.